The zero-order valence-corrected chi connectivity index (χ0v) is 20.4. The first-order chi connectivity index (χ1) is 16.9. The number of thioether (sulfide) groups is 1. The van der Waals surface area contributed by atoms with E-state index in [2.05, 4.69) is 10.6 Å². The van der Waals surface area contributed by atoms with Crippen LogP contribution in [0.3, 0.4) is 0 Å². The van der Waals surface area contributed by atoms with Gasteiger partial charge in [0.2, 0.25) is 5.91 Å². The van der Waals surface area contributed by atoms with E-state index in [1.165, 1.54) is 36.0 Å². The third-order valence-corrected chi connectivity index (χ3v) is 6.89. The SMILES string of the molecule is Cc1ccc(NC(=O)C(Sc2cccc(NC(=O)c3ccc(F)cc3)c2)c2ccccc2)cc1Cl. The predicted molar refractivity (Wildman–Crippen MR) is 141 cm³/mol. The molecule has 0 aromatic heterocycles. The van der Waals surface area contributed by atoms with Gasteiger partial charge in [-0.25, -0.2) is 4.39 Å². The van der Waals surface area contributed by atoms with Gasteiger partial charge in [-0.1, -0.05) is 54.1 Å². The highest BCUT2D eigenvalue weighted by molar-refractivity contribution is 8.00. The first kappa shape index (κ1) is 24.5. The average Bonchev–Trinajstić information content (AvgIpc) is 2.86. The highest BCUT2D eigenvalue weighted by Crippen LogP contribution is 2.37. The summed E-state index contributed by atoms with van der Waals surface area (Å²) in [6.07, 6.45) is 0. The number of hydrogen-bond donors (Lipinski definition) is 2. The molecule has 4 nitrogen and oxygen atoms in total. The molecule has 0 radical (unpaired) electrons. The molecule has 0 fully saturated rings. The van der Waals surface area contributed by atoms with Crippen molar-refractivity contribution < 1.29 is 14.0 Å². The summed E-state index contributed by atoms with van der Waals surface area (Å²) < 4.78 is 13.2. The molecule has 0 saturated heterocycles. The van der Waals surface area contributed by atoms with Gasteiger partial charge < -0.3 is 10.6 Å². The summed E-state index contributed by atoms with van der Waals surface area (Å²) in [5.41, 5.74) is 3.31. The summed E-state index contributed by atoms with van der Waals surface area (Å²) in [5, 5.41) is 5.82. The van der Waals surface area contributed by atoms with Crippen molar-refractivity contribution in [2.75, 3.05) is 10.6 Å². The molecule has 0 aliphatic rings. The van der Waals surface area contributed by atoms with E-state index >= 15 is 0 Å². The molecule has 0 bridgehead atoms. The van der Waals surface area contributed by atoms with Crippen molar-refractivity contribution in [3.63, 3.8) is 0 Å². The van der Waals surface area contributed by atoms with Crippen LogP contribution < -0.4 is 10.6 Å². The van der Waals surface area contributed by atoms with Gasteiger partial charge in [0, 0.05) is 26.9 Å². The Morgan fingerprint density at radius 2 is 1.54 bits per heavy atom. The highest BCUT2D eigenvalue weighted by atomic mass is 35.5. The van der Waals surface area contributed by atoms with Crippen molar-refractivity contribution in [2.24, 2.45) is 0 Å². The number of halogens is 2. The smallest absolute Gasteiger partial charge is 0.255 e. The largest absolute Gasteiger partial charge is 0.325 e. The van der Waals surface area contributed by atoms with Crippen LogP contribution in [0.5, 0.6) is 0 Å². The Morgan fingerprint density at radius 3 is 2.26 bits per heavy atom. The van der Waals surface area contributed by atoms with Crippen LogP contribution in [0.4, 0.5) is 15.8 Å². The number of rotatable bonds is 7. The molecule has 0 spiro atoms. The number of anilines is 2. The average molecular weight is 505 g/mol. The predicted octanol–water partition coefficient (Wildman–Crippen LogP) is 7.51. The van der Waals surface area contributed by atoms with Crippen LogP contribution in [0.1, 0.15) is 26.7 Å². The lowest BCUT2D eigenvalue weighted by Crippen LogP contribution is -2.19. The van der Waals surface area contributed by atoms with E-state index in [-0.39, 0.29) is 11.8 Å². The maximum absolute atomic E-state index is 13.3. The van der Waals surface area contributed by atoms with Gasteiger partial charge in [0.05, 0.1) is 0 Å². The molecule has 4 aromatic rings. The van der Waals surface area contributed by atoms with Gasteiger partial charge in [0.1, 0.15) is 11.1 Å². The Labute approximate surface area is 212 Å². The zero-order valence-electron chi connectivity index (χ0n) is 18.8. The van der Waals surface area contributed by atoms with E-state index in [9.17, 15) is 14.0 Å². The third-order valence-electron chi connectivity index (χ3n) is 5.23. The summed E-state index contributed by atoms with van der Waals surface area (Å²) in [5.74, 6) is -0.944. The fourth-order valence-corrected chi connectivity index (χ4v) is 4.63. The van der Waals surface area contributed by atoms with E-state index in [1.807, 2.05) is 61.5 Å². The molecular formula is C28H22ClFN2O2S. The molecule has 0 aliphatic carbocycles. The molecule has 7 heteroatoms. The Kier molecular flexibility index (Phi) is 7.85. The van der Waals surface area contributed by atoms with Crippen LogP contribution in [-0.2, 0) is 4.79 Å². The lowest BCUT2D eigenvalue weighted by Gasteiger charge is -2.18. The van der Waals surface area contributed by atoms with Crippen molar-refractivity contribution in [3.05, 3.63) is 125 Å². The molecule has 2 amide bonds. The first-order valence-corrected chi connectivity index (χ1v) is 12.1. The quantitative estimate of drug-likeness (QED) is 0.256. The number of amides is 2. The number of aryl methyl sites for hydroxylation is 1. The minimum absolute atomic E-state index is 0.193. The van der Waals surface area contributed by atoms with Crippen molar-refractivity contribution in [3.8, 4) is 0 Å². The van der Waals surface area contributed by atoms with Crippen LogP contribution in [0.2, 0.25) is 5.02 Å². The van der Waals surface area contributed by atoms with Crippen molar-refractivity contribution in [1.29, 1.82) is 0 Å². The van der Waals surface area contributed by atoms with Gasteiger partial charge in [0.15, 0.2) is 0 Å². The molecule has 35 heavy (non-hydrogen) atoms. The van der Waals surface area contributed by atoms with E-state index in [1.54, 1.807) is 18.2 Å². The monoisotopic (exact) mass is 504 g/mol. The van der Waals surface area contributed by atoms with Crippen molar-refractivity contribution >= 4 is 46.6 Å². The maximum atomic E-state index is 13.3. The molecule has 4 aromatic carbocycles. The Bertz CT molecular complexity index is 1350. The molecular weight excluding hydrogens is 483 g/mol. The van der Waals surface area contributed by atoms with Crippen LogP contribution >= 0.6 is 23.4 Å². The lowest BCUT2D eigenvalue weighted by molar-refractivity contribution is -0.115. The van der Waals surface area contributed by atoms with Gasteiger partial charge in [-0.3, -0.25) is 9.59 Å². The second kappa shape index (κ2) is 11.2. The number of nitrogens with one attached hydrogen (secondary N) is 2. The Hall–Kier alpha value is -3.61. The molecule has 0 aliphatic heterocycles. The summed E-state index contributed by atoms with van der Waals surface area (Å²) in [6, 6.07) is 27.5. The van der Waals surface area contributed by atoms with Crippen molar-refractivity contribution in [1.82, 2.24) is 0 Å². The number of hydrogen-bond acceptors (Lipinski definition) is 3. The van der Waals surface area contributed by atoms with Gasteiger partial charge in [-0.2, -0.15) is 0 Å². The molecule has 0 heterocycles. The van der Waals surface area contributed by atoms with Crippen LogP contribution in [0.25, 0.3) is 0 Å². The first-order valence-electron chi connectivity index (χ1n) is 10.8. The topological polar surface area (TPSA) is 58.2 Å². The van der Waals surface area contributed by atoms with Gasteiger partial charge >= 0.3 is 0 Å². The minimum Gasteiger partial charge on any atom is -0.325 e. The zero-order chi connectivity index (χ0) is 24.8. The molecule has 4 rings (SSSR count). The standard InChI is InChI=1S/C28H22ClFN2O2S/c1-18-10-15-23(17-25(18)29)32-28(34)26(19-6-3-2-4-7-19)35-24-9-5-8-22(16-24)31-27(33)20-11-13-21(30)14-12-20/h2-17,26H,1H3,(H,31,33)(H,32,34). The molecule has 1 unspecified atom stereocenters. The van der Waals surface area contributed by atoms with Gasteiger partial charge in [0.25, 0.3) is 5.91 Å². The van der Waals surface area contributed by atoms with Gasteiger partial charge in [-0.15, -0.1) is 11.8 Å². The normalized spacial score (nSPS) is 11.5. The summed E-state index contributed by atoms with van der Waals surface area (Å²) in [4.78, 5) is 26.6. The second-order valence-electron chi connectivity index (χ2n) is 7.85. The second-order valence-corrected chi connectivity index (χ2v) is 9.44. The minimum atomic E-state index is -0.542. The summed E-state index contributed by atoms with van der Waals surface area (Å²) in [7, 11) is 0. The van der Waals surface area contributed by atoms with E-state index in [0.29, 0.717) is 22.0 Å². The van der Waals surface area contributed by atoms with Crippen molar-refractivity contribution in [2.45, 2.75) is 17.1 Å². The van der Waals surface area contributed by atoms with E-state index < -0.39 is 11.1 Å². The summed E-state index contributed by atoms with van der Waals surface area (Å²) in [6.45, 7) is 1.90. The Balaban J connectivity index is 1.54. The molecule has 0 saturated carbocycles. The van der Waals surface area contributed by atoms with Crippen LogP contribution in [-0.4, -0.2) is 11.8 Å². The van der Waals surface area contributed by atoms with Gasteiger partial charge in [-0.05, 0) is 72.6 Å². The molecule has 2 N–H and O–H groups in total. The lowest BCUT2D eigenvalue weighted by atomic mass is 10.1. The molecule has 1 atom stereocenters. The van der Waals surface area contributed by atoms with Crippen LogP contribution in [0.15, 0.2) is 102 Å². The van der Waals surface area contributed by atoms with E-state index in [4.69, 9.17) is 11.6 Å². The summed E-state index contributed by atoms with van der Waals surface area (Å²) >= 11 is 7.59. The highest BCUT2D eigenvalue weighted by Gasteiger charge is 2.22. The maximum Gasteiger partial charge on any atom is 0.255 e. The molecule has 176 valence electrons. The fraction of sp³-hybridized carbons (Fsp3) is 0.0714. The third kappa shape index (κ3) is 6.50. The fourth-order valence-electron chi connectivity index (χ4n) is 3.37. The van der Waals surface area contributed by atoms with E-state index in [0.717, 1.165) is 16.0 Å². The number of carbonyl (C=O) groups excluding carboxylic acids is 2. The number of carbonyl (C=O) groups is 2. The number of benzene rings is 4. The Morgan fingerprint density at radius 1 is 0.829 bits per heavy atom. The van der Waals surface area contributed by atoms with Crippen LogP contribution in [0, 0.1) is 12.7 Å².